The van der Waals surface area contributed by atoms with E-state index in [4.69, 9.17) is 11.6 Å². The average Bonchev–Trinajstić information content (AvgIpc) is 3.00. The second-order valence-electron chi connectivity index (χ2n) is 5.43. The van der Waals surface area contributed by atoms with E-state index in [1.807, 2.05) is 53.1 Å². The molecule has 5 nitrogen and oxygen atoms in total. The van der Waals surface area contributed by atoms with Crippen molar-refractivity contribution in [2.75, 3.05) is 13.6 Å². The molecule has 0 aliphatic carbocycles. The molecule has 0 aliphatic rings. The fourth-order valence-electron chi connectivity index (χ4n) is 2.47. The van der Waals surface area contributed by atoms with Gasteiger partial charge in [-0.15, -0.1) is 0 Å². The molecule has 2 aromatic heterocycles. The summed E-state index contributed by atoms with van der Waals surface area (Å²) in [6.45, 7) is 1.44. The Kier molecular flexibility index (Phi) is 5.33. The Bertz CT molecular complexity index is 807. The van der Waals surface area contributed by atoms with Crippen LogP contribution < -0.4 is 10.6 Å². The molecule has 0 bridgehead atoms. The summed E-state index contributed by atoms with van der Waals surface area (Å²) in [6, 6.07) is 13.8. The number of fused-ring (bicyclic) bond motifs is 1. The molecule has 0 spiro atoms. The molecule has 24 heavy (non-hydrogen) atoms. The van der Waals surface area contributed by atoms with Crippen molar-refractivity contribution >= 4 is 23.2 Å². The van der Waals surface area contributed by atoms with Crippen molar-refractivity contribution < 1.29 is 0 Å². The third-order valence-electron chi connectivity index (χ3n) is 3.66. The molecular weight excluding hydrogens is 322 g/mol. The maximum Gasteiger partial charge on any atom is 0.191 e. The van der Waals surface area contributed by atoms with Gasteiger partial charge in [0.1, 0.15) is 5.65 Å². The monoisotopic (exact) mass is 341 g/mol. The number of hydrogen-bond donors (Lipinski definition) is 2. The lowest BCUT2D eigenvalue weighted by Gasteiger charge is -2.11. The van der Waals surface area contributed by atoms with Crippen molar-refractivity contribution in [3.63, 3.8) is 0 Å². The summed E-state index contributed by atoms with van der Waals surface area (Å²) < 4.78 is 2.03. The third kappa shape index (κ3) is 4.26. The largest absolute Gasteiger partial charge is 0.356 e. The predicted octanol–water partition coefficient (Wildman–Crippen LogP) is 2.90. The lowest BCUT2D eigenvalue weighted by Crippen LogP contribution is -2.37. The maximum absolute atomic E-state index is 6.00. The summed E-state index contributed by atoms with van der Waals surface area (Å²) in [6.07, 6.45) is 4.89. The minimum Gasteiger partial charge on any atom is -0.356 e. The van der Waals surface area contributed by atoms with Gasteiger partial charge in [0.2, 0.25) is 0 Å². The van der Waals surface area contributed by atoms with E-state index in [0.29, 0.717) is 6.54 Å². The van der Waals surface area contributed by atoms with Gasteiger partial charge in [-0.05, 0) is 29.8 Å². The van der Waals surface area contributed by atoms with E-state index in [-0.39, 0.29) is 0 Å². The van der Waals surface area contributed by atoms with Crippen molar-refractivity contribution in [3.05, 3.63) is 71.1 Å². The molecule has 2 heterocycles. The van der Waals surface area contributed by atoms with Gasteiger partial charge >= 0.3 is 0 Å². The first-order valence-corrected chi connectivity index (χ1v) is 8.24. The van der Waals surface area contributed by atoms with Gasteiger partial charge in [0, 0.05) is 44.0 Å². The normalized spacial score (nSPS) is 11.7. The summed E-state index contributed by atoms with van der Waals surface area (Å²) in [7, 11) is 1.76. The molecule has 0 radical (unpaired) electrons. The van der Waals surface area contributed by atoms with E-state index in [9.17, 15) is 0 Å². The van der Waals surface area contributed by atoms with Crippen LogP contribution in [-0.2, 0) is 13.0 Å². The molecule has 0 amide bonds. The number of aromatic nitrogens is 2. The van der Waals surface area contributed by atoms with Crippen LogP contribution in [0.5, 0.6) is 0 Å². The van der Waals surface area contributed by atoms with Crippen LogP contribution in [0, 0.1) is 0 Å². The van der Waals surface area contributed by atoms with E-state index in [2.05, 4.69) is 26.8 Å². The smallest absolute Gasteiger partial charge is 0.191 e. The average molecular weight is 342 g/mol. The van der Waals surface area contributed by atoms with Crippen LogP contribution in [0.2, 0.25) is 5.02 Å². The number of halogens is 1. The van der Waals surface area contributed by atoms with Crippen molar-refractivity contribution in [2.24, 2.45) is 4.99 Å². The first-order valence-electron chi connectivity index (χ1n) is 7.86. The number of hydrogen-bond acceptors (Lipinski definition) is 2. The first kappa shape index (κ1) is 16.3. The quantitative estimate of drug-likeness (QED) is 0.554. The van der Waals surface area contributed by atoms with E-state index >= 15 is 0 Å². The van der Waals surface area contributed by atoms with Gasteiger partial charge in [0.25, 0.3) is 0 Å². The zero-order valence-electron chi connectivity index (χ0n) is 13.5. The summed E-state index contributed by atoms with van der Waals surface area (Å²) in [4.78, 5) is 8.82. The highest BCUT2D eigenvalue weighted by atomic mass is 35.5. The van der Waals surface area contributed by atoms with Gasteiger partial charge in [-0.3, -0.25) is 4.99 Å². The summed E-state index contributed by atoms with van der Waals surface area (Å²) in [5.74, 6) is 0.763. The first-order chi connectivity index (χ1) is 11.7. The topological polar surface area (TPSA) is 53.7 Å². The van der Waals surface area contributed by atoms with Crippen LogP contribution in [0.1, 0.15) is 11.3 Å². The molecule has 3 aromatic rings. The second-order valence-corrected chi connectivity index (χ2v) is 5.87. The number of benzene rings is 1. The van der Waals surface area contributed by atoms with Gasteiger partial charge in [-0.2, -0.15) is 0 Å². The van der Waals surface area contributed by atoms with Crippen molar-refractivity contribution in [2.45, 2.75) is 13.0 Å². The number of nitrogens with zero attached hydrogens (tertiary/aromatic N) is 3. The number of guanidine groups is 1. The molecule has 6 heteroatoms. The Hall–Kier alpha value is -2.53. The van der Waals surface area contributed by atoms with Crippen molar-refractivity contribution in [1.82, 2.24) is 20.0 Å². The number of imidazole rings is 1. The molecule has 0 aliphatic heterocycles. The molecule has 1 aromatic carbocycles. The van der Waals surface area contributed by atoms with Crippen LogP contribution in [0.15, 0.2) is 59.9 Å². The zero-order chi connectivity index (χ0) is 16.8. The van der Waals surface area contributed by atoms with Gasteiger partial charge in [-0.1, -0.05) is 29.8 Å². The van der Waals surface area contributed by atoms with Crippen LogP contribution in [-0.4, -0.2) is 28.9 Å². The summed E-state index contributed by atoms with van der Waals surface area (Å²) in [5.41, 5.74) is 3.14. The van der Waals surface area contributed by atoms with Crippen LogP contribution >= 0.6 is 11.6 Å². The zero-order valence-corrected chi connectivity index (χ0v) is 14.3. The molecule has 0 atom stereocenters. The van der Waals surface area contributed by atoms with Gasteiger partial charge < -0.3 is 15.0 Å². The highest BCUT2D eigenvalue weighted by Gasteiger charge is 2.02. The SMILES string of the molecule is CN=C(NCCc1cn2ccccc2n1)NCc1cccc(Cl)c1. The number of nitrogens with one attached hydrogen (secondary N) is 2. The fraction of sp³-hybridized carbons (Fsp3) is 0.222. The maximum atomic E-state index is 6.00. The Morgan fingerprint density at radius 1 is 1.21 bits per heavy atom. The Morgan fingerprint density at radius 3 is 2.92 bits per heavy atom. The third-order valence-corrected chi connectivity index (χ3v) is 3.90. The molecule has 0 saturated heterocycles. The molecule has 0 saturated carbocycles. The Balaban J connectivity index is 1.49. The number of pyridine rings is 1. The van der Waals surface area contributed by atoms with Gasteiger partial charge in [0.15, 0.2) is 5.96 Å². The lowest BCUT2D eigenvalue weighted by atomic mass is 10.2. The minimum absolute atomic E-state index is 0.675. The second kappa shape index (κ2) is 7.84. The lowest BCUT2D eigenvalue weighted by molar-refractivity contribution is 0.787. The Morgan fingerprint density at radius 2 is 2.12 bits per heavy atom. The molecule has 124 valence electrons. The number of rotatable bonds is 5. The Labute approximate surface area is 146 Å². The van der Waals surface area contributed by atoms with Crippen LogP contribution in [0.4, 0.5) is 0 Å². The molecular formula is C18H20ClN5. The highest BCUT2D eigenvalue weighted by Crippen LogP contribution is 2.10. The minimum atomic E-state index is 0.675. The molecule has 3 rings (SSSR count). The predicted molar refractivity (Wildman–Crippen MR) is 98.5 cm³/mol. The van der Waals surface area contributed by atoms with Gasteiger partial charge in [-0.25, -0.2) is 4.98 Å². The standard InChI is InChI=1S/C18H20ClN5/c1-20-18(22-12-14-5-4-6-15(19)11-14)21-9-8-16-13-24-10-3-2-7-17(24)23-16/h2-7,10-11,13H,8-9,12H2,1H3,(H2,20,21,22). The van der Waals surface area contributed by atoms with Crippen molar-refractivity contribution in [1.29, 1.82) is 0 Å². The van der Waals surface area contributed by atoms with E-state index < -0.39 is 0 Å². The van der Waals surface area contributed by atoms with E-state index in [1.54, 1.807) is 7.05 Å². The van der Waals surface area contributed by atoms with Crippen LogP contribution in [0.3, 0.4) is 0 Å². The molecule has 0 unspecified atom stereocenters. The highest BCUT2D eigenvalue weighted by molar-refractivity contribution is 6.30. The van der Waals surface area contributed by atoms with E-state index in [0.717, 1.165) is 40.9 Å². The van der Waals surface area contributed by atoms with E-state index in [1.165, 1.54) is 0 Å². The summed E-state index contributed by atoms with van der Waals surface area (Å²) in [5, 5.41) is 7.32. The number of aliphatic imine (C=N–C) groups is 1. The van der Waals surface area contributed by atoms with Crippen LogP contribution in [0.25, 0.3) is 5.65 Å². The van der Waals surface area contributed by atoms with Gasteiger partial charge in [0.05, 0.1) is 5.69 Å². The summed E-state index contributed by atoms with van der Waals surface area (Å²) >= 11 is 6.00. The molecule has 2 N–H and O–H groups in total. The fourth-order valence-corrected chi connectivity index (χ4v) is 2.68. The molecule has 0 fully saturated rings. The van der Waals surface area contributed by atoms with Crippen molar-refractivity contribution in [3.8, 4) is 0 Å².